The fourth-order valence-electron chi connectivity index (χ4n) is 4.42. The Morgan fingerprint density at radius 2 is 2.06 bits per heavy atom. The van der Waals surface area contributed by atoms with Crippen molar-refractivity contribution in [3.63, 3.8) is 0 Å². The van der Waals surface area contributed by atoms with Crippen LogP contribution in [0.1, 0.15) is 46.5 Å². The van der Waals surface area contributed by atoms with Gasteiger partial charge in [-0.05, 0) is 62.9 Å². The van der Waals surface area contributed by atoms with Crippen molar-refractivity contribution < 1.29 is 9.84 Å². The fourth-order valence-corrected chi connectivity index (χ4v) is 4.42. The highest BCUT2D eigenvalue weighted by atomic mass is 16.6. The van der Waals surface area contributed by atoms with E-state index in [-0.39, 0.29) is 5.60 Å². The summed E-state index contributed by atoms with van der Waals surface area (Å²) in [4.78, 5) is 0. The lowest BCUT2D eigenvalue weighted by molar-refractivity contribution is -0.0351. The standard InChI is InChI=1S/C15H24O2/c1-9(2)15-8-7-14(4,16)11-6-5-10(3)12(11)13(15)17-15/h10-13,16H,1,5-8H2,2-4H3/t10-,11-,12?,13+,14-,15+/m1/s1. The summed E-state index contributed by atoms with van der Waals surface area (Å²) in [7, 11) is 0. The molecule has 6 atom stereocenters. The minimum Gasteiger partial charge on any atom is -0.390 e. The molecule has 17 heavy (non-hydrogen) atoms. The van der Waals surface area contributed by atoms with Crippen molar-refractivity contribution in [1.29, 1.82) is 0 Å². The maximum Gasteiger partial charge on any atom is 0.116 e. The molecule has 3 rings (SSSR count). The van der Waals surface area contributed by atoms with Gasteiger partial charge in [0, 0.05) is 0 Å². The van der Waals surface area contributed by atoms with E-state index < -0.39 is 5.60 Å². The zero-order valence-corrected chi connectivity index (χ0v) is 11.2. The van der Waals surface area contributed by atoms with E-state index in [9.17, 15) is 5.11 Å². The average molecular weight is 236 g/mol. The molecule has 0 aromatic heterocycles. The van der Waals surface area contributed by atoms with E-state index in [0.29, 0.717) is 23.9 Å². The Labute approximate surface area is 104 Å². The minimum atomic E-state index is -0.505. The number of rotatable bonds is 1. The second-order valence-corrected chi connectivity index (χ2v) is 6.80. The third-order valence-corrected chi connectivity index (χ3v) is 5.67. The minimum absolute atomic E-state index is 0.0952. The Bertz CT molecular complexity index is 360. The predicted molar refractivity (Wildman–Crippen MR) is 67.7 cm³/mol. The highest BCUT2D eigenvalue weighted by molar-refractivity contribution is 5.27. The van der Waals surface area contributed by atoms with Crippen molar-refractivity contribution in [2.75, 3.05) is 0 Å². The monoisotopic (exact) mass is 236 g/mol. The summed E-state index contributed by atoms with van der Waals surface area (Å²) in [5.74, 6) is 1.63. The van der Waals surface area contributed by atoms with Gasteiger partial charge in [0.05, 0.1) is 11.7 Å². The topological polar surface area (TPSA) is 32.8 Å². The van der Waals surface area contributed by atoms with Gasteiger partial charge in [-0.25, -0.2) is 0 Å². The predicted octanol–water partition coefficient (Wildman–Crippen LogP) is 2.91. The molecule has 1 aliphatic heterocycles. The summed E-state index contributed by atoms with van der Waals surface area (Å²) in [5.41, 5.74) is 0.550. The Kier molecular flexibility index (Phi) is 2.32. The second kappa shape index (κ2) is 3.36. The molecular weight excluding hydrogens is 212 g/mol. The lowest BCUT2D eigenvalue weighted by atomic mass is 9.77. The Morgan fingerprint density at radius 1 is 1.35 bits per heavy atom. The zero-order valence-electron chi connectivity index (χ0n) is 11.2. The molecule has 3 aliphatic rings. The molecule has 2 aliphatic carbocycles. The molecule has 1 N–H and O–H groups in total. The maximum absolute atomic E-state index is 10.7. The molecule has 2 heteroatoms. The molecule has 0 aromatic rings. The number of fused-ring (bicyclic) bond motifs is 3. The van der Waals surface area contributed by atoms with E-state index in [1.807, 2.05) is 6.92 Å². The van der Waals surface area contributed by atoms with Crippen LogP contribution < -0.4 is 0 Å². The molecule has 0 aromatic carbocycles. The number of ether oxygens (including phenoxy) is 1. The summed E-state index contributed by atoms with van der Waals surface area (Å²) >= 11 is 0. The molecule has 1 heterocycles. The lowest BCUT2D eigenvalue weighted by Gasteiger charge is -2.33. The van der Waals surface area contributed by atoms with Gasteiger partial charge in [-0.15, -0.1) is 0 Å². The van der Waals surface area contributed by atoms with Gasteiger partial charge in [0.15, 0.2) is 0 Å². The summed E-state index contributed by atoms with van der Waals surface area (Å²) in [6.45, 7) is 10.5. The van der Waals surface area contributed by atoms with Crippen molar-refractivity contribution >= 4 is 0 Å². The van der Waals surface area contributed by atoms with Gasteiger partial charge < -0.3 is 9.84 Å². The maximum atomic E-state index is 10.7. The van der Waals surface area contributed by atoms with Crippen molar-refractivity contribution in [2.45, 2.75) is 63.8 Å². The van der Waals surface area contributed by atoms with Gasteiger partial charge in [0.25, 0.3) is 0 Å². The van der Waals surface area contributed by atoms with E-state index in [0.717, 1.165) is 24.8 Å². The van der Waals surface area contributed by atoms with Crippen LogP contribution in [0.2, 0.25) is 0 Å². The van der Waals surface area contributed by atoms with Crippen LogP contribution in [0.4, 0.5) is 0 Å². The van der Waals surface area contributed by atoms with Crippen LogP contribution in [0.15, 0.2) is 12.2 Å². The quantitative estimate of drug-likeness (QED) is 0.561. The molecule has 0 bridgehead atoms. The molecule has 1 unspecified atom stereocenters. The summed E-state index contributed by atoms with van der Waals surface area (Å²) in [6.07, 6.45) is 4.52. The van der Waals surface area contributed by atoms with E-state index in [1.165, 1.54) is 6.42 Å². The van der Waals surface area contributed by atoms with E-state index in [2.05, 4.69) is 20.4 Å². The van der Waals surface area contributed by atoms with Crippen LogP contribution in [0.3, 0.4) is 0 Å². The van der Waals surface area contributed by atoms with E-state index in [4.69, 9.17) is 4.74 Å². The molecule has 0 spiro atoms. The van der Waals surface area contributed by atoms with Crippen LogP contribution in [-0.4, -0.2) is 22.4 Å². The van der Waals surface area contributed by atoms with E-state index in [1.54, 1.807) is 0 Å². The lowest BCUT2D eigenvalue weighted by Crippen LogP contribution is -2.38. The third kappa shape index (κ3) is 1.47. The number of hydrogen-bond acceptors (Lipinski definition) is 2. The van der Waals surface area contributed by atoms with Crippen LogP contribution >= 0.6 is 0 Å². The largest absolute Gasteiger partial charge is 0.390 e. The van der Waals surface area contributed by atoms with E-state index >= 15 is 0 Å². The molecule has 0 amide bonds. The number of aliphatic hydroxyl groups is 1. The highest BCUT2D eigenvalue weighted by Crippen LogP contribution is 2.61. The fraction of sp³-hybridized carbons (Fsp3) is 0.867. The Hall–Kier alpha value is -0.340. The summed E-state index contributed by atoms with van der Waals surface area (Å²) in [6, 6.07) is 0. The SMILES string of the molecule is C=C(C)[C@@]12CC[C@@](C)(O)[C@@H]3CC[C@@H](C)C3[C@@H]1O2. The van der Waals surface area contributed by atoms with Crippen molar-refractivity contribution in [3.8, 4) is 0 Å². The number of hydrogen-bond donors (Lipinski definition) is 1. The van der Waals surface area contributed by atoms with Gasteiger partial charge >= 0.3 is 0 Å². The summed E-state index contributed by atoms with van der Waals surface area (Å²) < 4.78 is 6.07. The molecule has 2 nitrogen and oxygen atoms in total. The molecule has 0 radical (unpaired) electrons. The Balaban J connectivity index is 1.96. The van der Waals surface area contributed by atoms with Crippen molar-refractivity contribution in [1.82, 2.24) is 0 Å². The molecule has 1 saturated heterocycles. The van der Waals surface area contributed by atoms with Crippen LogP contribution in [0, 0.1) is 17.8 Å². The van der Waals surface area contributed by atoms with Gasteiger partial charge in [-0.3, -0.25) is 0 Å². The molecule has 96 valence electrons. The normalized spacial score (nSPS) is 56.9. The molecule has 2 saturated carbocycles. The summed E-state index contributed by atoms with van der Waals surface area (Å²) in [5, 5.41) is 10.7. The molecular formula is C15H24O2. The van der Waals surface area contributed by atoms with Crippen LogP contribution in [0.25, 0.3) is 0 Å². The van der Waals surface area contributed by atoms with Crippen molar-refractivity contribution in [3.05, 3.63) is 12.2 Å². The van der Waals surface area contributed by atoms with Crippen LogP contribution in [-0.2, 0) is 4.74 Å². The third-order valence-electron chi connectivity index (χ3n) is 5.67. The van der Waals surface area contributed by atoms with Gasteiger partial charge in [-0.2, -0.15) is 0 Å². The van der Waals surface area contributed by atoms with Gasteiger partial charge in [-0.1, -0.05) is 13.5 Å². The first-order valence-corrected chi connectivity index (χ1v) is 6.95. The first-order valence-electron chi connectivity index (χ1n) is 6.95. The first kappa shape index (κ1) is 11.7. The van der Waals surface area contributed by atoms with Gasteiger partial charge in [0.2, 0.25) is 0 Å². The zero-order chi connectivity index (χ0) is 12.4. The second-order valence-electron chi connectivity index (χ2n) is 6.80. The van der Waals surface area contributed by atoms with Gasteiger partial charge in [0.1, 0.15) is 5.60 Å². The van der Waals surface area contributed by atoms with Crippen LogP contribution in [0.5, 0.6) is 0 Å². The highest BCUT2D eigenvalue weighted by Gasteiger charge is 2.67. The smallest absolute Gasteiger partial charge is 0.116 e. The molecule has 3 fully saturated rings. The Morgan fingerprint density at radius 3 is 2.71 bits per heavy atom. The van der Waals surface area contributed by atoms with Crippen molar-refractivity contribution in [2.24, 2.45) is 17.8 Å². The number of epoxide rings is 1. The average Bonchev–Trinajstić information content (AvgIpc) is 2.86. The first-order chi connectivity index (χ1) is 7.88.